The van der Waals surface area contributed by atoms with Gasteiger partial charge in [-0.3, -0.25) is 4.79 Å². The van der Waals surface area contributed by atoms with Gasteiger partial charge in [0.25, 0.3) is 5.91 Å². The summed E-state index contributed by atoms with van der Waals surface area (Å²) in [5.41, 5.74) is 2.19. The van der Waals surface area contributed by atoms with Gasteiger partial charge in [0.05, 0.1) is 16.1 Å². The van der Waals surface area contributed by atoms with E-state index in [1.54, 1.807) is 30.3 Å². The Kier molecular flexibility index (Phi) is 7.87. The number of amides is 1. The molecule has 1 N–H and O–H groups in total. The van der Waals surface area contributed by atoms with Gasteiger partial charge in [-0.2, -0.15) is 10.5 Å². The lowest BCUT2D eigenvalue weighted by atomic mass is 9.86. The normalized spacial score (nSPS) is 18.5. The molecule has 6 heteroatoms. The maximum Gasteiger partial charge on any atom is 0.262 e. The molecule has 1 aliphatic carbocycles. The van der Waals surface area contributed by atoms with E-state index >= 15 is 0 Å². The van der Waals surface area contributed by atoms with Crippen LogP contribution in [-0.2, 0) is 11.4 Å². The molecular formula is C25H24BrN3O2. The number of carbonyl (C=O) groups is 1. The minimum Gasteiger partial charge on any atom is -0.488 e. The lowest BCUT2D eigenvalue weighted by Crippen LogP contribution is -2.41. The van der Waals surface area contributed by atoms with Gasteiger partial charge in [0.15, 0.2) is 0 Å². The molecule has 2 atom stereocenters. The topological polar surface area (TPSA) is 85.9 Å². The predicted molar refractivity (Wildman–Crippen MR) is 123 cm³/mol. The third-order valence-electron chi connectivity index (χ3n) is 5.58. The Morgan fingerprint density at radius 1 is 1.23 bits per heavy atom. The summed E-state index contributed by atoms with van der Waals surface area (Å²) in [6.45, 7) is 2.41. The maximum absolute atomic E-state index is 12.6. The number of nitrogens with one attached hydrogen (secondary N) is 1. The van der Waals surface area contributed by atoms with Crippen molar-refractivity contribution in [2.24, 2.45) is 5.92 Å². The lowest BCUT2D eigenvalue weighted by molar-refractivity contribution is -0.118. The van der Waals surface area contributed by atoms with E-state index in [1.807, 2.05) is 24.3 Å². The van der Waals surface area contributed by atoms with Gasteiger partial charge in [-0.1, -0.05) is 44.0 Å². The van der Waals surface area contributed by atoms with E-state index in [9.17, 15) is 15.3 Å². The first-order valence-corrected chi connectivity index (χ1v) is 11.1. The van der Waals surface area contributed by atoms with Gasteiger partial charge in [-0.25, -0.2) is 0 Å². The summed E-state index contributed by atoms with van der Waals surface area (Å²) in [6.07, 6.45) is 5.94. The zero-order valence-corrected chi connectivity index (χ0v) is 19.0. The van der Waals surface area contributed by atoms with Crippen molar-refractivity contribution >= 4 is 27.9 Å². The highest BCUT2D eigenvalue weighted by atomic mass is 79.9. The first-order chi connectivity index (χ1) is 15.0. The molecule has 1 aliphatic rings. The smallest absolute Gasteiger partial charge is 0.262 e. The molecule has 0 bridgehead atoms. The Labute approximate surface area is 191 Å². The number of rotatable bonds is 6. The fourth-order valence-corrected chi connectivity index (χ4v) is 4.24. The van der Waals surface area contributed by atoms with Crippen LogP contribution < -0.4 is 10.1 Å². The van der Waals surface area contributed by atoms with Crippen molar-refractivity contribution in [3.05, 3.63) is 69.2 Å². The number of benzene rings is 2. The second-order valence-electron chi connectivity index (χ2n) is 7.76. The molecule has 0 spiro atoms. The number of nitriles is 2. The fourth-order valence-electron chi connectivity index (χ4n) is 3.73. The number of halogens is 1. The van der Waals surface area contributed by atoms with Crippen molar-refractivity contribution in [2.75, 3.05) is 0 Å². The van der Waals surface area contributed by atoms with Crippen LogP contribution in [0.15, 0.2) is 52.5 Å². The van der Waals surface area contributed by atoms with Crippen LogP contribution >= 0.6 is 15.9 Å². The first kappa shape index (κ1) is 22.6. The van der Waals surface area contributed by atoms with Crippen molar-refractivity contribution in [1.82, 2.24) is 5.32 Å². The monoisotopic (exact) mass is 477 g/mol. The van der Waals surface area contributed by atoms with Crippen molar-refractivity contribution in [2.45, 2.75) is 45.3 Å². The van der Waals surface area contributed by atoms with Crippen LogP contribution in [0.5, 0.6) is 5.75 Å². The Hall–Kier alpha value is -3.09. The number of hydrogen-bond acceptors (Lipinski definition) is 4. The zero-order valence-electron chi connectivity index (χ0n) is 17.4. The van der Waals surface area contributed by atoms with Gasteiger partial charge < -0.3 is 10.1 Å². The molecule has 1 saturated carbocycles. The molecule has 2 aromatic carbocycles. The third kappa shape index (κ3) is 5.96. The highest BCUT2D eigenvalue weighted by Gasteiger charge is 2.24. The fraction of sp³-hybridized carbons (Fsp3) is 0.320. The average molecular weight is 478 g/mol. The highest BCUT2D eigenvalue weighted by Crippen LogP contribution is 2.28. The molecule has 3 rings (SSSR count). The molecule has 0 aliphatic heterocycles. The summed E-state index contributed by atoms with van der Waals surface area (Å²) in [7, 11) is 0. The van der Waals surface area contributed by atoms with Crippen LogP contribution in [0.3, 0.4) is 0 Å². The summed E-state index contributed by atoms with van der Waals surface area (Å²) >= 11 is 3.49. The van der Waals surface area contributed by atoms with E-state index < -0.39 is 0 Å². The molecule has 31 heavy (non-hydrogen) atoms. The van der Waals surface area contributed by atoms with Gasteiger partial charge in [0.2, 0.25) is 0 Å². The third-order valence-corrected chi connectivity index (χ3v) is 6.20. The minimum absolute atomic E-state index is 0.0845. The predicted octanol–water partition coefficient (Wildman–Crippen LogP) is 5.50. The van der Waals surface area contributed by atoms with E-state index in [4.69, 9.17) is 4.74 Å². The van der Waals surface area contributed by atoms with Gasteiger partial charge in [0, 0.05) is 11.6 Å². The van der Waals surface area contributed by atoms with Gasteiger partial charge in [0.1, 0.15) is 24.0 Å². The number of carbonyl (C=O) groups excluding carboxylic acids is 1. The maximum atomic E-state index is 12.6. The highest BCUT2D eigenvalue weighted by molar-refractivity contribution is 9.10. The van der Waals surface area contributed by atoms with Crippen molar-refractivity contribution in [3.63, 3.8) is 0 Å². The number of ether oxygens (including phenoxy) is 1. The van der Waals surface area contributed by atoms with Crippen LogP contribution in [0.1, 0.15) is 49.3 Å². The summed E-state index contributed by atoms with van der Waals surface area (Å²) in [5.74, 6) is 0.712. The quantitative estimate of drug-likeness (QED) is 0.439. The summed E-state index contributed by atoms with van der Waals surface area (Å²) in [4.78, 5) is 12.6. The van der Waals surface area contributed by atoms with E-state index in [0.29, 0.717) is 21.7 Å². The van der Waals surface area contributed by atoms with Crippen molar-refractivity contribution < 1.29 is 9.53 Å². The number of hydrogen-bond donors (Lipinski definition) is 1. The van der Waals surface area contributed by atoms with E-state index in [2.05, 4.69) is 34.2 Å². The average Bonchev–Trinajstić information content (AvgIpc) is 2.78. The Bertz CT molecular complexity index is 1070. The molecule has 158 valence electrons. The summed E-state index contributed by atoms with van der Waals surface area (Å²) in [5, 5.41) is 21.7. The van der Waals surface area contributed by atoms with Crippen molar-refractivity contribution in [1.29, 1.82) is 10.5 Å². The molecule has 5 nitrogen and oxygen atoms in total. The molecule has 0 radical (unpaired) electrons. The molecule has 0 unspecified atom stereocenters. The Balaban J connectivity index is 1.69. The standard InChI is InChI=1S/C25H24BrN3O2/c1-17-6-2-5-9-23(17)29-25(30)21(15-28)12-18-10-11-24(22(26)13-18)31-16-20-8-4-3-7-19(20)14-27/h3-4,7-8,10-13,17,23H,2,5-6,9,16H2,1H3,(H,29,30)/b21-12+/t17-,23-/m1/s1. The van der Waals surface area contributed by atoms with E-state index in [0.717, 1.165) is 30.4 Å². The first-order valence-electron chi connectivity index (χ1n) is 10.3. The summed E-state index contributed by atoms with van der Waals surface area (Å²) in [6, 6.07) is 17.0. The number of nitrogens with zero attached hydrogens (tertiary/aromatic N) is 2. The molecule has 0 aromatic heterocycles. The summed E-state index contributed by atoms with van der Waals surface area (Å²) < 4.78 is 6.55. The SMILES string of the molecule is C[C@@H]1CCCC[C@H]1NC(=O)/C(C#N)=C/c1ccc(OCc2ccccc2C#N)c(Br)c1. The second-order valence-corrected chi connectivity index (χ2v) is 8.61. The van der Waals surface area contributed by atoms with Crippen LogP contribution in [0.25, 0.3) is 6.08 Å². The van der Waals surface area contributed by atoms with Gasteiger partial charge in [-0.05, 0) is 64.5 Å². The van der Waals surface area contributed by atoms with Crippen LogP contribution in [-0.4, -0.2) is 11.9 Å². The lowest BCUT2D eigenvalue weighted by Gasteiger charge is -2.29. The molecule has 2 aromatic rings. The Morgan fingerprint density at radius 3 is 2.71 bits per heavy atom. The second kappa shape index (κ2) is 10.8. The van der Waals surface area contributed by atoms with Gasteiger partial charge in [-0.15, -0.1) is 0 Å². The van der Waals surface area contributed by atoms with Gasteiger partial charge >= 0.3 is 0 Å². The van der Waals surface area contributed by atoms with Crippen LogP contribution in [0.4, 0.5) is 0 Å². The van der Waals surface area contributed by atoms with Crippen molar-refractivity contribution in [3.8, 4) is 17.9 Å². The van der Waals surface area contributed by atoms with Crippen LogP contribution in [0, 0.1) is 28.6 Å². The van der Waals surface area contributed by atoms with Crippen LogP contribution in [0.2, 0.25) is 0 Å². The van der Waals surface area contributed by atoms with E-state index in [-0.39, 0.29) is 24.1 Å². The molecule has 0 saturated heterocycles. The van der Waals surface area contributed by atoms with E-state index in [1.165, 1.54) is 6.42 Å². The molecule has 1 amide bonds. The molecule has 0 heterocycles. The minimum atomic E-state index is -0.328. The molecular weight excluding hydrogens is 454 g/mol. The Morgan fingerprint density at radius 2 is 2.00 bits per heavy atom. The largest absolute Gasteiger partial charge is 0.488 e. The molecule has 1 fully saturated rings. The zero-order chi connectivity index (χ0) is 22.2.